The maximum atomic E-state index is 13.8. The van der Waals surface area contributed by atoms with Crippen molar-refractivity contribution in [2.75, 3.05) is 31.4 Å². The van der Waals surface area contributed by atoms with Crippen molar-refractivity contribution in [2.24, 2.45) is 0 Å². The maximum Gasteiger partial charge on any atom is 0.239 e. The van der Waals surface area contributed by atoms with Crippen LogP contribution in [0.3, 0.4) is 0 Å². The molecule has 1 N–H and O–H groups in total. The van der Waals surface area contributed by atoms with Gasteiger partial charge in [0.15, 0.2) is 0 Å². The van der Waals surface area contributed by atoms with Crippen molar-refractivity contribution in [2.45, 2.75) is 6.54 Å². The number of rotatable bonds is 5. The van der Waals surface area contributed by atoms with E-state index in [1.165, 1.54) is 6.07 Å². The van der Waals surface area contributed by atoms with Crippen LogP contribution in [0, 0.1) is 5.82 Å². The molecular formula is C15H17ClFN3O. The number of aromatic nitrogens is 1. The summed E-state index contributed by atoms with van der Waals surface area (Å²) in [5.41, 5.74) is 2.01. The molecule has 0 aliphatic heterocycles. The van der Waals surface area contributed by atoms with Gasteiger partial charge < -0.3 is 15.0 Å². The van der Waals surface area contributed by atoms with Crippen LogP contribution < -0.4 is 15.0 Å². The Morgan fingerprint density at radius 1 is 1.33 bits per heavy atom. The Balaban J connectivity index is 2.31. The number of benzene rings is 1. The lowest BCUT2D eigenvalue weighted by Crippen LogP contribution is -2.14. The van der Waals surface area contributed by atoms with Gasteiger partial charge in [-0.05, 0) is 18.2 Å². The fourth-order valence-electron chi connectivity index (χ4n) is 2.00. The highest BCUT2D eigenvalue weighted by molar-refractivity contribution is 6.31. The average Bonchev–Trinajstić information content (AvgIpc) is 2.46. The predicted octanol–water partition coefficient (Wildman–Crippen LogP) is 3.56. The fourth-order valence-corrected chi connectivity index (χ4v) is 2.23. The van der Waals surface area contributed by atoms with Gasteiger partial charge in [0.25, 0.3) is 0 Å². The fraction of sp³-hybridized carbons (Fsp3) is 0.267. The maximum absolute atomic E-state index is 13.8. The quantitative estimate of drug-likeness (QED) is 0.916. The Kier molecular flexibility index (Phi) is 4.85. The number of halogens is 2. The van der Waals surface area contributed by atoms with E-state index < -0.39 is 0 Å². The van der Waals surface area contributed by atoms with Crippen LogP contribution in [-0.2, 0) is 6.54 Å². The minimum Gasteiger partial charge on any atom is -0.479 e. The third-order valence-electron chi connectivity index (χ3n) is 3.07. The monoisotopic (exact) mass is 309 g/mol. The van der Waals surface area contributed by atoms with Crippen LogP contribution in [-0.4, -0.2) is 26.2 Å². The van der Waals surface area contributed by atoms with Gasteiger partial charge in [-0.3, -0.25) is 0 Å². The van der Waals surface area contributed by atoms with E-state index in [4.69, 9.17) is 16.3 Å². The van der Waals surface area contributed by atoms with Crippen LogP contribution in [0.15, 0.2) is 30.5 Å². The van der Waals surface area contributed by atoms with Gasteiger partial charge in [-0.2, -0.15) is 0 Å². The summed E-state index contributed by atoms with van der Waals surface area (Å²) in [4.78, 5) is 6.09. The van der Waals surface area contributed by atoms with Crippen molar-refractivity contribution in [1.29, 1.82) is 0 Å². The number of hydrogen-bond donors (Lipinski definition) is 1. The van der Waals surface area contributed by atoms with Gasteiger partial charge in [-0.25, -0.2) is 9.37 Å². The van der Waals surface area contributed by atoms with Crippen LogP contribution in [0.25, 0.3) is 0 Å². The zero-order valence-corrected chi connectivity index (χ0v) is 12.9. The van der Waals surface area contributed by atoms with Crippen molar-refractivity contribution in [3.05, 3.63) is 46.9 Å². The number of hydrogen-bond acceptors (Lipinski definition) is 4. The van der Waals surface area contributed by atoms with E-state index in [9.17, 15) is 4.39 Å². The highest BCUT2D eigenvalue weighted by Crippen LogP contribution is 2.33. The van der Waals surface area contributed by atoms with Gasteiger partial charge in [0.1, 0.15) is 11.5 Å². The highest BCUT2D eigenvalue weighted by Gasteiger charge is 2.14. The smallest absolute Gasteiger partial charge is 0.239 e. The van der Waals surface area contributed by atoms with Crippen molar-refractivity contribution >= 4 is 23.0 Å². The number of ether oxygens (including phenoxy) is 1. The summed E-state index contributed by atoms with van der Waals surface area (Å²) in [6, 6.07) is 6.48. The topological polar surface area (TPSA) is 37.4 Å². The van der Waals surface area contributed by atoms with Gasteiger partial charge >= 0.3 is 0 Å². The number of nitrogens with zero attached hydrogens (tertiary/aromatic N) is 2. The number of nitrogens with one attached hydrogen (secondary N) is 1. The van der Waals surface area contributed by atoms with E-state index in [1.807, 2.05) is 25.1 Å². The largest absolute Gasteiger partial charge is 0.479 e. The van der Waals surface area contributed by atoms with E-state index in [-0.39, 0.29) is 12.4 Å². The van der Waals surface area contributed by atoms with Crippen LogP contribution in [0.4, 0.5) is 15.8 Å². The molecule has 2 aromatic rings. The molecule has 2 rings (SSSR count). The molecule has 4 nitrogen and oxygen atoms in total. The zero-order chi connectivity index (χ0) is 15.4. The third-order valence-corrected chi connectivity index (χ3v) is 3.43. The minimum absolute atomic E-state index is 0.244. The number of pyridine rings is 1. The molecule has 1 aromatic heterocycles. The lowest BCUT2D eigenvalue weighted by atomic mass is 10.2. The number of anilines is 2. The van der Waals surface area contributed by atoms with Gasteiger partial charge in [0.2, 0.25) is 5.88 Å². The van der Waals surface area contributed by atoms with Gasteiger partial charge in [-0.15, -0.1) is 0 Å². The lowest BCUT2D eigenvalue weighted by molar-refractivity contribution is 0.399. The molecule has 0 spiro atoms. The summed E-state index contributed by atoms with van der Waals surface area (Å²) in [6.07, 6.45) is 1.66. The molecule has 21 heavy (non-hydrogen) atoms. The first-order valence-corrected chi connectivity index (χ1v) is 6.79. The number of methoxy groups -OCH3 is 1. The highest BCUT2D eigenvalue weighted by atomic mass is 35.5. The normalized spacial score (nSPS) is 10.3. The Morgan fingerprint density at radius 2 is 2.10 bits per heavy atom. The molecular weight excluding hydrogens is 293 g/mol. The Labute approximate surface area is 128 Å². The summed E-state index contributed by atoms with van der Waals surface area (Å²) in [5.74, 6) is 0.109. The molecule has 1 aromatic carbocycles. The lowest BCUT2D eigenvalue weighted by Gasteiger charge is -2.20. The van der Waals surface area contributed by atoms with E-state index in [0.717, 1.165) is 5.69 Å². The summed E-state index contributed by atoms with van der Waals surface area (Å²) in [7, 11) is 5.37. The van der Waals surface area contributed by atoms with E-state index in [0.29, 0.717) is 22.2 Å². The molecule has 0 bridgehead atoms. The molecule has 0 saturated heterocycles. The Bertz CT molecular complexity index is 614. The van der Waals surface area contributed by atoms with Crippen molar-refractivity contribution in [3.8, 4) is 5.88 Å². The van der Waals surface area contributed by atoms with Gasteiger partial charge in [0, 0.05) is 37.4 Å². The second-order valence-electron chi connectivity index (χ2n) is 4.66. The second kappa shape index (κ2) is 6.63. The molecule has 6 heteroatoms. The molecule has 0 saturated carbocycles. The van der Waals surface area contributed by atoms with E-state index in [2.05, 4.69) is 10.3 Å². The van der Waals surface area contributed by atoms with Crippen molar-refractivity contribution < 1.29 is 9.13 Å². The molecule has 0 aliphatic carbocycles. The summed E-state index contributed by atoms with van der Waals surface area (Å²) in [5, 5.41) is 3.54. The molecule has 0 atom stereocenters. The first-order chi connectivity index (χ1) is 10.0. The SMILES string of the molecule is COc1nccc(N(C)C)c1NCc1c(F)cccc1Cl. The van der Waals surface area contributed by atoms with E-state index >= 15 is 0 Å². The van der Waals surface area contributed by atoms with Crippen LogP contribution in [0.5, 0.6) is 5.88 Å². The predicted molar refractivity (Wildman–Crippen MR) is 83.9 cm³/mol. The summed E-state index contributed by atoms with van der Waals surface area (Å²) in [6.45, 7) is 0.244. The first kappa shape index (κ1) is 15.4. The van der Waals surface area contributed by atoms with Crippen LogP contribution in [0.2, 0.25) is 5.02 Å². The molecule has 0 amide bonds. The van der Waals surface area contributed by atoms with Gasteiger partial charge in [0.05, 0.1) is 12.8 Å². The van der Waals surface area contributed by atoms with Crippen LogP contribution in [0.1, 0.15) is 5.56 Å². The Hall–Kier alpha value is -2.01. The third kappa shape index (κ3) is 3.36. The second-order valence-corrected chi connectivity index (χ2v) is 5.07. The van der Waals surface area contributed by atoms with Crippen LogP contribution >= 0.6 is 11.6 Å². The standard InChI is InChI=1S/C15H17ClFN3O/c1-20(2)13-7-8-18-15(21-3)14(13)19-9-10-11(16)5-4-6-12(10)17/h4-8,19H,9H2,1-3H3. The molecule has 0 fully saturated rings. The molecule has 1 heterocycles. The summed E-state index contributed by atoms with van der Waals surface area (Å²) < 4.78 is 19.1. The first-order valence-electron chi connectivity index (χ1n) is 6.41. The van der Waals surface area contributed by atoms with Crippen molar-refractivity contribution in [1.82, 2.24) is 4.98 Å². The summed E-state index contributed by atoms with van der Waals surface area (Å²) >= 11 is 6.03. The minimum atomic E-state index is -0.343. The Morgan fingerprint density at radius 3 is 2.71 bits per heavy atom. The molecule has 0 aliphatic rings. The molecule has 0 radical (unpaired) electrons. The molecule has 0 unspecified atom stereocenters. The van der Waals surface area contributed by atoms with Gasteiger partial charge in [-0.1, -0.05) is 17.7 Å². The average molecular weight is 310 g/mol. The molecule has 112 valence electrons. The zero-order valence-electron chi connectivity index (χ0n) is 12.2. The van der Waals surface area contributed by atoms with E-state index in [1.54, 1.807) is 25.4 Å². The van der Waals surface area contributed by atoms with Crippen molar-refractivity contribution in [3.63, 3.8) is 0 Å².